The van der Waals surface area contributed by atoms with Gasteiger partial charge in [-0.1, -0.05) is 31.5 Å². The Kier molecular flexibility index (Phi) is 4.23. The fraction of sp³-hybridized carbons (Fsp3) is 0.538. The quantitative estimate of drug-likeness (QED) is 0.895. The van der Waals surface area contributed by atoms with Gasteiger partial charge in [0.1, 0.15) is 0 Å². The van der Waals surface area contributed by atoms with Gasteiger partial charge in [-0.15, -0.1) is 0 Å². The van der Waals surface area contributed by atoms with E-state index in [1.165, 1.54) is 5.69 Å². The van der Waals surface area contributed by atoms with E-state index in [4.69, 9.17) is 17.3 Å². The van der Waals surface area contributed by atoms with Gasteiger partial charge in [-0.05, 0) is 12.1 Å². The smallest absolute Gasteiger partial charge is 0.0471 e. The van der Waals surface area contributed by atoms with Crippen molar-refractivity contribution in [2.24, 2.45) is 5.73 Å². The lowest BCUT2D eigenvalue weighted by atomic mass is 10.1. The van der Waals surface area contributed by atoms with Crippen LogP contribution in [0.2, 0.25) is 5.02 Å². The number of rotatable bonds is 2. The molecule has 2 nitrogen and oxygen atoms in total. The summed E-state index contributed by atoms with van der Waals surface area (Å²) in [4.78, 5) is 2.42. The zero-order valence-corrected chi connectivity index (χ0v) is 11.9. The van der Waals surface area contributed by atoms with Crippen LogP contribution in [0.5, 0.6) is 0 Å². The van der Waals surface area contributed by atoms with Gasteiger partial charge in [0.2, 0.25) is 0 Å². The van der Waals surface area contributed by atoms with Crippen LogP contribution in [0.25, 0.3) is 0 Å². The molecule has 0 radical (unpaired) electrons. The van der Waals surface area contributed by atoms with Gasteiger partial charge in [0, 0.05) is 46.4 Å². The lowest BCUT2D eigenvalue weighted by molar-refractivity contribution is 0.724. The first kappa shape index (κ1) is 13.1. The number of halogens is 1. The summed E-state index contributed by atoms with van der Waals surface area (Å²) in [6.45, 7) is 7.20. The van der Waals surface area contributed by atoms with E-state index in [2.05, 4.69) is 36.6 Å². The molecule has 0 bridgehead atoms. The summed E-state index contributed by atoms with van der Waals surface area (Å²) in [5.41, 5.74) is 8.09. The molecule has 0 spiro atoms. The average molecular weight is 271 g/mol. The van der Waals surface area contributed by atoms with E-state index in [9.17, 15) is 0 Å². The maximum Gasteiger partial charge on any atom is 0.0471 e. The van der Waals surface area contributed by atoms with Crippen molar-refractivity contribution in [3.63, 3.8) is 0 Å². The average Bonchev–Trinajstić information content (AvgIpc) is 2.27. The van der Waals surface area contributed by atoms with Gasteiger partial charge >= 0.3 is 0 Å². The molecule has 2 rings (SSSR count). The van der Waals surface area contributed by atoms with Crippen molar-refractivity contribution in [1.29, 1.82) is 0 Å². The minimum atomic E-state index is 0.501. The Bertz CT molecular complexity index is 387. The van der Waals surface area contributed by atoms with E-state index in [-0.39, 0.29) is 0 Å². The van der Waals surface area contributed by atoms with Crippen molar-refractivity contribution < 1.29 is 0 Å². The third-order valence-corrected chi connectivity index (χ3v) is 4.64. The predicted molar refractivity (Wildman–Crippen MR) is 78.1 cm³/mol. The Balaban J connectivity index is 2.30. The maximum atomic E-state index is 6.21. The molecule has 1 aromatic rings. The highest BCUT2D eigenvalue weighted by molar-refractivity contribution is 8.00. The van der Waals surface area contributed by atoms with Crippen molar-refractivity contribution in [2.45, 2.75) is 30.9 Å². The second kappa shape index (κ2) is 5.51. The maximum absolute atomic E-state index is 6.21. The van der Waals surface area contributed by atoms with Crippen molar-refractivity contribution in [3.8, 4) is 0 Å². The van der Waals surface area contributed by atoms with Gasteiger partial charge in [-0.3, -0.25) is 0 Å². The summed E-state index contributed by atoms with van der Waals surface area (Å²) in [5, 5.41) is 2.09. The SMILES string of the molecule is CC1CN(c2cccc(Cl)c2CN)CC(C)S1. The molecule has 1 heterocycles. The Morgan fingerprint density at radius 2 is 2.00 bits per heavy atom. The Hall–Kier alpha value is -0.380. The van der Waals surface area contributed by atoms with Gasteiger partial charge < -0.3 is 10.6 Å². The molecule has 1 fully saturated rings. The molecular weight excluding hydrogens is 252 g/mol. The minimum Gasteiger partial charge on any atom is -0.369 e. The number of thioether (sulfide) groups is 1. The highest BCUT2D eigenvalue weighted by Gasteiger charge is 2.24. The van der Waals surface area contributed by atoms with Crippen LogP contribution in [0, 0.1) is 0 Å². The fourth-order valence-corrected chi connectivity index (χ4v) is 3.99. The van der Waals surface area contributed by atoms with Crippen molar-refractivity contribution in [1.82, 2.24) is 0 Å². The third-order valence-electron chi connectivity index (χ3n) is 3.06. The van der Waals surface area contributed by atoms with Crippen LogP contribution < -0.4 is 10.6 Å². The number of anilines is 1. The highest BCUT2D eigenvalue weighted by Crippen LogP contribution is 2.32. The van der Waals surface area contributed by atoms with Crippen LogP contribution >= 0.6 is 23.4 Å². The van der Waals surface area contributed by atoms with Crippen LogP contribution in [0.15, 0.2) is 18.2 Å². The third kappa shape index (κ3) is 2.90. The molecule has 0 saturated carbocycles. The lowest BCUT2D eigenvalue weighted by Crippen LogP contribution is -2.41. The van der Waals surface area contributed by atoms with E-state index in [1.807, 2.05) is 12.1 Å². The minimum absolute atomic E-state index is 0.501. The number of benzene rings is 1. The highest BCUT2D eigenvalue weighted by atomic mass is 35.5. The zero-order valence-electron chi connectivity index (χ0n) is 10.3. The first-order valence-corrected chi connectivity index (χ1v) is 7.31. The normalized spacial score (nSPS) is 25.1. The van der Waals surface area contributed by atoms with Gasteiger partial charge in [-0.25, -0.2) is 0 Å². The molecule has 17 heavy (non-hydrogen) atoms. The van der Waals surface area contributed by atoms with Crippen LogP contribution in [0.4, 0.5) is 5.69 Å². The van der Waals surface area contributed by atoms with Crippen molar-refractivity contribution in [2.75, 3.05) is 18.0 Å². The number of nitrogens with zero attached hydrogens (tertiary/aromatic N) is 1. The first-order valence-electron chi connectivity index (χ1n) is 5.99. The molecule has 1 aromatic carbocycles. The van der Waals surface area contributed by atoms with E-state index in [1.54, 1.807) is 0 Å². The van der Waals surface area contributed by atoms with Gasteiger partial charge in [0.25, 0.3) is 0 Å². The standard InChI is InChI=1S/C13H19ClN2S/c1-9-7-16(8-10(2)17-9)13-5-3-4-12(14)11(13)6-15/h3-5,9-10H,6-8,15H2,1-2H3. The molecule has 0 aromatic heterocycles. The lowest BCUT2D eigenvalue weighted by Gasteiger charge is -2.37. The molecule has 1 aliphatic rings. The molecule has 0 amide bonds. The summed E-state index contributed by atoms with van der Waals surface area (Å²) in [7, 11) is 0. The Morgan fingerprint density at radius 3 is 2.59 bits per heavy atom. The largest absolute Gasteiger partial charge is 0.369 e. The van der Waals surface area contributed by atoms with Crippen molar-refractivity contribution in [3.05, 3.63) is 28.8 Å². The molecular formula is C13H19ClN2S. The molecule has 0 aliphatic carbocycles. The van der Waals surface area contributed by atoms with Crippen molar-refractivity contribution >= 4 is 29.1 Å². The first-order chi connectivity index (χ1) is 8.11. The van der Waals surface area contributed by atoms with Crippen LogP contribution in [0.1, 0.15) is 19.4 Å². The Morgan fingerprint density at radius 1 is 1.35 bits per heavy atom. The number of hydrogen-bond donors (Lipinski definition) is 1. The number of nitrogens with two attached hydrogens (primary N) is 1. The monoisotopic (exact) mass is 270 g/mol. The summed E-state index contributed by atoms with van der Waals surface area (Å²) >= 11 is 8.26. The second-order valence-corrected chi connectivity index (χ2v) is 6.89. The summed E-state index contributed by atoms with van der Waals surface area (Å²) in [6, 6.07) is 6.05. The summed E-state index contributed by atoms with van der Waals surface area (Å²) in [6.07, 6.45) is 0. The predicted octanol–water partition coefficient (Wildman–Crippen LogP) is 3.13. The van der Waals surface area contributed by atoms with Crippen LogP contribution in [-0.2, 0) is 6.54 Å². The molecule has 94 valence electrons. The molecule has 2 atom stereocenters. The molecule has 2 unspecified atom stereocenters. The van der Waals surface area contributed by atoms with Gasteiger partial charge in [-0.2, -0.15) is 11.8 Å². The topological polar surface area (TPSA) is 29.3 Å². The van der Waals surface area contributed by atoms with E-state index in [0.717, 1.165) is 23.7 Å². The van der Waals surface area contributed by atoms with Crippen LogP contribution in [-0.4, -0.2) is 23.6 Å². The van der Waals surface area contributed by atoms with Gasteiger partial charge in [0.05, 0.1) is 0 Å². The second-order valence-electron chi connectivity index (χ2n) is 4.60. The van der Waals surface area contributed by atoms with E-state index >= 15 is 0 Å². The Labute approximate surface area is 113 Å². The van der Waals surface area contributed by atoms with Crippen LogP contribution in [0.3, 0.4) is 0 Å². The molecule has 1 saturated heterocycles. The van der Waals surface area contributed by atoms with E-state index < -0.39 is 0 Å². The summed E-state index contributed by atoms with van der Waals surface area (Å²) in [5.74, 6) is 0. The molecule has 2 N–H and O–H groups in total. The summed E-state index contributed by atoms with van der Waals surface area (Å²) < 4.78 is 0. The zero-order chi connectivity index (χ0) is 12.4. The molecule has 1 aliphatic heterocycles. The van der Waals surface area contributed by atoms with Gasteiger partial charge in [0.15, 0.2) is 0 Å². The molecule has 4 heteroatoms. The van der Waals surface area contributed by atoms with E-state index in [0.29, 0.717) is 17.0 Å². The number of hydrogen-bond acceptors (Lipinski definition) is 3. The fourth-order valence-electron chi connectivity index (χ4n) is 2.42.